The van der Waals surface area contributed by atoms with Gasteiger partial charge in [0.05, 0.1) is 13.2 Å². The van der Waals surface area contributed by atoms with E-state index in [1.54, 1.807) is 19.1 Å². The number of carbonyl (C=O) groups excluding carboxylic acids is 1. The molecule has 2 N–H and O–H groups in total. The monoisotopic (exact) mass is 220 g/mol. The van der Waals surface area contributed by atoms with Gasteiger partial charge in [0.25, 0.3) is 0 Å². The van der Waals surface area contributed by atoms with Gasteiger partial charge in [0, 0.05) is 19.5 Å². The minimum Gasteiger partial charge on any atom is -0.497 e. The quantitative estimate of drug-likeness (QED) is 0.806. The first kappa shape index (κ1) is 11.0. The molecule has 0 spiro atoms. The number of likely N-dealkylation sites (N-methyl/N-ethyl adjacent to an activating group) is 1. The standard InChI is InChI=1S/C12H16N2O2/c1-14-11(15)7-10(13)12(14)8-3-5-9(16-2)6-4-8/h3-6,10,12H,7,13H2,1-2H3/t10-,12+/m1/s1. The average Bonchev–Trinajstić information content (AvgIpc) is 2.54. The second kappa shape index (κ2) is 4.14. The molecule has 1 heterocycles. The SMILES string of the molecule is COc1ccc([C@H]2[C@H](N)CC(=O)N2C)cc1. The molecule has 1 amide bonds. The molecule has 16 heavy (non-hydrogen) atoms. The molecule has 86 valence electrons. The van der Waals surface area contributed by atoms with Crippen molar-refractivity contribution < 1.29 is 9.53 Å². The van der Waals surface area contributed by atoms with Crippen LogP contribution in [-0.2, 0) is 4.79 Å². The van der Waals surface area contributed by atoms with Crippen LogP contribution in [0.25, 0.3) is 0 Å². The molecule has 4 nitrogen and oxygen atoms in total. The lowest BCUT2D eigenvalue weighted by molar-refractivity contribution is -0.127. The van der Waals surface area contributed by atoms with E-state index in [-0.39, 0.29) is 18.0 Å². The predicted molar refractivity (Wildman–Crippen MR) is 61.1 cm³/mol. The Morgan fingerprint density at radius 1 is 1.38 bits per heavy atom. The lowest BCUT2D eigenvalue weighted by atomic mass is 10.0. The van der Waals surface area contributed by atoms with Gasteiger partial charge in [-0.05, 0) is 17.7 Å². The molecule has 4 heteroatoms. The Balaban J connectivity index is 2.26. The first-order valence-corrected chi connectivity index (χ1v) is 5.28. The third-order valence-electron chi connectivity index (χ3n) is 3.08. The Morgan fingerprint density at radius 3 is 2.44 bits per heavy atom. The van der Waals surface area contributed by atoms with Crippen molar-refractivity contribution in [2.24, 2.45) is 5.73 Å². The zero-order valence-electron chi connectivity index (χ0n) is 9.51. The summed E-state index contributed by atoms with van der Waals surface area (Å²) in [5.74, 6) is 0.914. The van der Waals surface area contributed by atoms with Gasteiger partial charge in [-0.2, -0.15) is 0 Å². The van der Waals surface area contributed by atoms with E-state index in [0.717, 1.165) is 11.3 Å². The summed E-state index contributed by atoms with van der Waals surface area (Å²) in [5, 5.41) is 0. The first-order valence-electron chi connectivity index (χ1n) is 5.28. The predicted octanol–water partition coefficient (Wildman–Crippen LogP) is 0.926. The molecule has 1 aromatic rings. The summed E-state index contributed by atoms with van der Waals surface area (Å²) in [7, 11) is 3.43. The van der Waals surface area contributed by atoms with Gasteiger partial charge in [0.2, 0.25) is 5.91 Å². The Kier molecular flexibility index (Phi) is 2.83. The summed E-state index contributed by atoms with van der Waals surface area (Å²) in [5.41, 5.74) is 7.03. The molecule has 1 aliphatic rings. The van der Waals surface area contributed by atoms with Gasteiger partial charge in [-0.3, -0.25) is 4.79 Å². The second-order valence-corrected chi connectivity index (χ2v) is 4.09. The highest BCUT2D eigenvalue weighted by molar-refractivity contribution is 5.80. The Bertz CT molecular complexity index is 389. The average molecular weight is 220 g/mol. The van der Waals surface area contributed by atoms with Gasteiger partial charge >= 0.3 is 0 Å². The molecule has 1 aromatic carbocycles. The topological polar surface area (TPSA) is 55.6 Å². The van der Waals surface area contributed by atoms with E-state index in [1.165, 1.54) is 0 Å². The summed E-state index contributed by atoms with van der Waals surface area (Å²) < 4.78 is 5.09. The zero-order valence-corrected chi connectivity index (χ0v) is 9.51. The van der Waals surface area contributed by atoms with Gasteiger partial charge in [-0.25, -0.2) is 0 Å². The van der Waals surface area contributed by atoms with Crippen LogP contribution < -0.4 is 10.5 Å². The lowest BCUT2D eigenvalue weighted by Gasteiger charge is -2.23. The second-order valence-electron chi connectivity index (χ2n) is 4.09. The number of ether oxygens (including phenoxy) is 1. The highest BCUT2D eigenvalue weighted by Gasteiger charge is 2.35. The molecule has 1 aliphatic heterocycles. The summed E-state index contributed by atoms with van der Waals surface area (Å²) in [6.07, 6.45) is 0.424. The molecule has 0 unspecified atom stereocenters. The van der Waals surface area contributed by atoms with E-state index in [0.29, 0.717) is 6.42 Å². The highest BCUT2D eigenvalue weighted by Crippen LogP contribution is 2.31. The fourth-order valence-corrected chi connectivity index (χ4v) is 2.17. The van der Waals surface area contributed by atoms with Gasteiger partial charge in [-0.15, -0.1) is 0 Å². The molecular weight excluding hydrogens is 204 g/mol. The summed E-state index contributed by atoms with van der Waals surface area (Å²) >= 11 is 0. The van der Waals surface area contributed by atoms with E-state index in [4.69, 9.17) is 10.5 Å². The van der Waals surface area contributed by atoms with Crippen LogP contribution in [0.1, 0.15) is 18.0 Å². The van der Waals surface area contributed by atoms with Gasteiger partial charge in [-0.1, -0.05) is 12.1 Å². The maximum Gasteiger partial charge on any atom is 0.224 e. The largest absolute Gasteiger partial charge is 0.497 e. The van der Waals surface area contributed by atoms with E-state index >= 15 is 0 Å². The van der Waals surface area contributed by atoms with Crippen molar-refractivity contribution in [3.8, 4) is 5.75 Å². The molecule has 1 saturated heterocycles. The van der Waals surface area contributed by atoms with E-state index in [1.807, 2.05) is 24.3 Å². The van der Waals surface area contributed by atoms with Crippen LogP contribution in [-0.4, -0.2) is 31.0 Å². The Morgan fingerprint density at radius 2 is 2.00 bits per heavy atom. The van der Waals surface area contributed by atoms with Crippen molar-refractivity contribution >= 4 is 5.91 Å². The molecule has 0 saturated carbocycles. The molecular formula is C12H16N2O2. The summed E-state index contributed by atoms with van der Waals surface area (Å²) in [6.45, 7) is 0. The molecule has 0 aliphatic carbocycles. The number of benzene rings is 1. The number of hydrogen-bond acceptors (Lipinski definition) is 3. The van der Waals surface area contributed by atoms with E-state index < -0.39 is 0 Å². The van der Waals surface area contributed by atoms with Crippen molar-refractivity contribution in [3.05, 3.63) is 29.8 Å². The van der Waals surface area contributed by atoms with Crippen LogP contribution in [0.15, 0.2) is 24.3 Å². The number of hydrogen-bond donors (Lipinski definition) is 1. The fourth-order valence-electron chi connectivity index (χ4n) is 2.17. The lowest BCUT2D eigenvalue weighted by Crippen LogP contribution is -2.30. The van der Waals surface area contributed by atoms with Crippen LogP contribution >= 0.6 is 0 Å². The van der Waals surface area contributed by atoms with Crippen molar-refractivity contribution in [2.45, 2.75) is 18.5 Å². The van der Waals surface area contributed by atoms with E-state index in [2.05, 4.69) is 0 Å². The van der Waals surface area contributed by atoms with Crippen molar-refractivity contribution in [3.63, 3.8) is 0 Å². The zero-order chi connectivity index (χ0) is 11.7. The van der Waals surface area contributed by atoms with Gasteiger partial charge in [0.1, 0.15) is 5.75 Å². The van der Waals surface area contributed by atoms with E-state index in [9.17, 15) is 4.79 Å². The van der Waals surface area contributed by atoms with Gasteiger partial charge in [0.15, 0.2) is 0 Å². The molecule has 0 radical (unpaired) electrons. The maximum atomic E-state index is 11.5. The highest BCUT2D eigenvalue weighted by atomic mass is 16.5. The van der Waals surface area contributed by atoms with Crippen LogP contribution in [0, 0.1) is 0 Å². The Labute approximate surface area is 95.0 Å². The molecule has 0 bridgehead atoms. The van der Waals surface area contributed by atoms with Crippen molar-refractivity contribution in [1.29, 1.82) is 0 Å². The van der Waals surface area contributed by atoms with Crippen LogP contribution in [0.3, 0.4) is 0 Å². The third kappa shape index (κ3) is 1.76. The third-order valence-corrected chi connectivity index (χ3v) is 3.08. The maximum absolute atomic E-state index is 11.5. The van der Waals surface area contributed by atoms with Crippen LogP contribution in [0.5, 0.6) is 5.75 Å². The smallest absolute Gasteiger partial charge is 0.224 e. The Hall–Kier alpha value is -1.55. The van der Waals surface area contributed by atoms with Crippen molar-refractivity contribution in [2.75, 3.05) is 14.2 Å². The fraction of sp³-hybridized carbons (Fsp3) is 0.417. The number of rotatable bonds is 2. The number of likely N-dealkylation sites (tertiary alicyclic amines) is 1. The summed E-state index contributed by atoms with van der Waals surface area (Å²) in [6, 6.07) is 7.55. The number of methoxy groups -OCH3 is 1. The van der Waals surface area contributed by atoms with Gasteiger partial charge < -0.3 is 15.4 Å². The molecule has 1 fully saturated rings. The molecule has 0 aromatic heterocycles. The van der Waals surface area contributed by atoms with Crippen LogP contribution in [0.4, 0.5) is 0 Å². The minimum atomic E-state index is -0.120. The first-order chi connectivity index (χ1) is 7.63. The normalized spacial score (nSPS) is 24.9. The minimum absolute atomic E-state index is 0.0154. The number of carbonyl (C=O) groups is 1. The number of nitrogens with two attached hydrogens (primary N) is 1. The molecule has 2 atom stereocenters. The van der Waals surface area contributed by atoms with Crippen molar-refractivity contribution in [1.82, 2.24) is 4.90 Å². The number of nitrogens with zero attached hydrogens (tertiary/aromatic N) is 1. The number of amides is 1. The summed E-state index contributed by atoms with van der Waals surface area (Å²) in [4.78, 5) is 13.2. The van der Waals surface area contributed by atoms with Crippen LogP contribution in [0.2, 0.25) is 0 Å². The molecule has 2 rings (SSSR count).